The van der Waals surface area contributed by atoms with Crippen molar-refractivity contribution in [2.24, 2.45) is 0 Å². The number of ether oxygens (including phenoxy) is 1. The smallest absolute Gasteiger partial charge is 0.432 e. The van der Waals surface area contributed by atoms with Crippen LogP contribution in [0.25, 0.3) is 11.3 Å². The molecule has 0 aliphatic rings. The van der Waals surface area contributed by atoms with Gasteiger partial charge in [-0.3, -0.25) is 9.48 Å². The summed E-state index contributed by atoms with van der Waals surface area (Å²) in [5.41, 5.74) is -1.28. The van der Waals surface area contributed by atoms with E-state index in [0.717, 1.165) is 0 Å². The molecule has 0 fully saturated rings. The van der Waals surface area contributed by atoms with Crippen LogP contribution in [-0.2, 0) is 20.9 Å². The standard InChI is InChI=1S/C19H20F3N5O4/c1-2-31-18(30)14(10-23)17(19(20,21)22)24-13-7-5-12(6-8-13)15-11-27(26-25-15)9-3-4-16(28)29/h5-8,10-11,23-24H,2-4,9H2,1H3,(H,28,29)/b17-14+,23-10?. The summed E-state index contributed by atoms with van der Waals surface area (Å²) in [6, 6.07) is 5.74. The van der Waals surface area contributed by atoms with Crippen LogP contribution in [0.5, 0.6) is 0 Å². The molecule has 12 heteroatoms. The fourth-order valence-corrected chi connectivity index (χ4v) is 2.53. The second-order valence-corrected chi connectivity index (χ2v) is 6.22. The first-order valence-corrected chi connectivity index (χ1v) is 9.14. The highest BCUT2D eigenvalue weighted by Gasteiger charge is 2.38. The Morgan fingerprint density at radius 2 is 1.97 bits per heavy atom. The molecule has 31 heavy (non-hydrogen) atoms. The number of rotatable bonds is 10. The summed E-state index contributed by atoms with van der Waals surface area (Å²) in [5.74, 6) is -2.17. The van der Waals surface area contributed by atoms with Crippen molar-refractivity contribution in [3.63, 3.8) is 0 Å². The van der Waals surface area contributed by atoms with Crippen LogP contribution in [0, 0.1) is 5.41 Å². The van der Waals surface area contributed by atoms with E-state index in [4.69, 9.17) is 10.5 Å². The Kier molecular flexibility index (Phi) is 7.88. The molecule has 0 saturated carbocycles. The average Bonchev–Trinajstić information content (AvgIpc) is 3.16. The maximum absolute atomic E-state index is 13.5. The average molecular weight is 439 g/mol. The lowest BCUT2D eigenvalue weighted by Crippen LogP contribution is -2.25. The molecule has 3 N–H and O–H groups in total. The SMILES string of the molecule is CCOC(=O)/C(C=N)=C(/Nc1ccc(-c2cn(CCCC(=O)O)nn2)cc1)C(F)(F)F. The summed E-state index contributed by atoms with van der Waals surface area (Å²) >= 11 is 0. The van der Waals surface area contributed by atoms with Crippen LogP contribution >= 0.6 is 0 Å². The zero-order chi connectivity index (χ0) is 23.0. The molecule has 166 valence electrons. The molecule has 0 spiro atoms. The summed E-state index contributed by atoms with van der Waals surface area (Å²) in [5, 5.41) is 25.8. The molecular formula is C19H20F3N5O4. The number of benzene rings is 1. The van der Waals surface area contributed by atoms with Gasteiger partial charge in [-0.25, -0.2) is 4.79 Å². The van der Waals surface area contributed by atoms with E-state index in [0.29, 0.717) is 30.4 Å². The van der Waals surface area contributed by atoms with E-state index in [1.54, 1.807) is 6.20 Å². The Hall–Kier alpha value is -3.70. The monoisotopic (exact) mass is 439 g/mol. The predicted molar refractivity (Wildman–Crippen MR) is 104 cm³/mol. The third-order valence-corrected chi connectivity index (χ3v) is 3.96. The number of halogens is 3. The number of aliphatic carboxylic acids is 1. The van der Waals surface area contributed by atoms with Gasteiger partial charge in [0.05, 0.1) is 12.8 Å². The number of aryl methyl sites for hydroxylation is 1. The van der Waals surface area contributed by atoms with E-state index in [1.165, 1.54) is 35.9 Å². The molecule has 9 nitrogen and oxygen atoms in total. The quantitative estimate of drug-likeness (QED) is 0.294. The summed E-state index contributed by atoms with van der Waals surface area (Å²) in [4.78, 5) is 22.3. The third-order valence-electron chi connectivity index (χ3n) is 3.96. The Morgan fingerprint density at radius 1 is 1.29 bits per heavy atom. The molecule has 1 aromatic carbocycles. The normalized spacial score (nSPS) is 12.1. The molecular weight excluding hydrogens is 419 g/mol. The Balaban J connectivity index is 2.20. The van der Waals surface area contributed by atoms with Gasteiger partial charge in [0.1, 0.15) is 17.0 Å². The van der Waals surface area contributed by atoms with Crippen LogP contribution in [0.15, 0.2) is 41.7 Å². The van der Waals surface area contributed by atoms with Gasteiger partial charge in [0.2, 0.25) is 0 Å². The third kappa shape index (κ3) is 6.66. The molecule has 0 aliphatic carbocycles. The number of allylic oxidation sites excluding steroid dienone is 1. The first-order chi connectivity index (χ1) is 14.7. The number of nitrogens with zero attached hydrogens (tertiary/aromatic N) is 3. The fourth-order valence-electron chi connectivity index (χ4n) is 2.53. The minimum Gasteiger partial charge on any atom is -0.481 e. The van der Waals surface area contributed by atoms with E-state index >= 15 is 0 Å². The highest BCUT2D eigenvalue weighted by atomic mass is 19.4. The van der Waals surface area contributed by atoms with Crippen molar-refractivity contribution in [2.75, 3.05) is 11.9 Å². The van der Waals surface area contributed by atoms with E-state index < -0.39 is 29.4 Å². The Bertz CT molecular complexity index is 968. The molecule has 0 aliphatic heterocycles. The minimum absolute atomic E-state index is 0.00580. The van der Waals surface area contributed by atoms with Gasteiger partial charge in [0.15, 0.2) is 0 Å². The Morgan fingerprint density at radius 3 is 2.52 bits per heavy atom. The van der Waals surface area contributed by atoms with Crippen molar-refractivity contribution in [1.82, 2.24) is 15.0 Å². The number of carbonyl (C=O) groups is 2. The number of hydrogen-bond acceptors (Lipinski definition) is 7. The topological polar surface area (TPSA) is 130 Å². The molecule has 0 saturated heterocycles. The highest BCUT2D eigenvalue weighted by Crippen LogP contribution is 2.30. The van der Waals surface area contributed by atoms with Crippen LogP contribution in [-0.4, -0.2) is 51.0 Å². The molecule has 0 atom stereocenters. The first-order valence-electron chi connectivity index (χ1n) is 9.14. The molecule has 1 aromatic heterocycles. The lowest BCUT2D eigenvalue weighted by Gasteiger charge is -2.17. The van der Waals surface area contributed by atoms with Crippen molar-refractivity contribution in [3.05, 3.63) is 41.7 Å². The van der Waals surface area contributed by atoms with Crippen LogP contribution < -0.4 is 5.32 Å². The largest absolute Gasteiger partial charge is 0.481 e. The van der Waals surface area contributed by atoms with Crippen molar-refractivity contribution in [3.8, 4) is 11.3 Å². The van der Waals surface area contributed by atoms with Gasteiger partial charge in [-0.15, -0.1) is 5.10 Å². The van der Waals surface area contributed by atoms with Gasteiger partial charge >= 0.3 is 18.1 Å². The van der Waals surface area contributed by atoms with E-state index in [1.807, 2.05) is 0 Å². The molecule has 1 heterocycles. The number of hydrogen-bond donors (Lipinski definition) is 3. The summed E-state index contributed by atoms with van der Waals surface area (Å²) in [6.45, 7) is 1.67. The number of nitrogens with one attached hydrogen (secondary N) is 2. The van der Waals surface area contributed by atoms with Gasteiger partial charge in [0.25, 0.3) is 0 Å². The maximum Gasteiger partial charge on any atom is 0.432 e. The molecule has 0 unspecified atom stereocenters. The van der Waals surface area contributed by atoms with Gasteiger partial charge < -0.3 is 20.6 Å². The fraction of sp³-hybridized carbons (Fsp3) is 0.316. The maximum atomic E-state index is 13.5. The lowest BCUT2D eigenvalue weighted by molar-refractivity contribution is -0.139. The van der Waals surface area contributed by atoms with Gasteiger partial charge in [-0.05, 0) is 25.5 Å². The van der Waals surface area contributed by atoms with E-state index in [-0.39, 0.29) is 18.7 Å². The second-order valence-electron chi connectivity index (χ2n) is 6.22. The Labute approximate surface area is 175 Å². The number of carboxylic acids is 1. The molecule has 0 amide bonds. The van der Waals surface area contributed by atoms with Gasteiger partial charge in [0, 0.05) is 30.4 Å². The number of carboxylic acid groups (broad SMARTS) is 1. The number of anilines is 1. The minimum atomic E-state index is -4.92. The molecule has 2 aromatic rings. The van der Waals surface area contributed by atoms with Crippen LogP contribution in [0.1, 0.15) is 19.8 Å². The number of esters is 1. The van der Waals surface area contributed by atoms with Crippen molar-refractivity contribution < 1.29 is 32.6 Å². The molecule has 0 bridgehead atoms. The zero-order valence-corrected chi connectivity index (χ0v) is 16.4. The lowest BCUT2D eigenvalue weighted by atomic mass is 10.1. The molecule has 0 radical (unpaired) electrons. The molecule has 2 rings (SSSR count). The predicted octanol–water partition coefficient (Wildman–Crippen LogP) is 3.25. The van der Waals surface area contributed by atoms with Gasteiger partial charge in [-0.1, -0.05) is 17.3 Å². The van der Waals surface area contributed by atoms with Crippen LogP contribution in [0.2, 0.25) is 0 Å². The van der Waals surface area contributed by atoms with E-state index in [9.17, 15) is 22.8 Å². The highest BCUT2D eigenvalue weighted by molar-refractivity contribution is 6.09. The van der Waals surface area contributed by atoms with Crippen molar-refractivity contribution >= 4 is 23.8 Å². The van der Waals surface area contributed by atoms with Crippen molar-refractivity contribution in [2.45, 2.75) is 32.5 Å². The van der Waals surface area contributed by atoms with Crippen LogP contribution in [0.3, 0.4) is 0 Å². The van der Waals surface area contributed by atoms with Crippen LogP contribution in [0.4, 0.5) is 18.9 Å². The number of alkyl halides is 3. The van der Waals surface area contributed by atoms with E-state index in [2.05, 4.69) is 20.4 Å². The number of carbonyl (C=O) groups excluding carboxylic acids is 1. The summed E-state index contributed by atoms with van der Waals surface area (Å²) in [7, 11) is 0. The summed E-state index contributed by atoms with van der Waals surface area (Å²) in [6.07, 6.45) is -2.65. The second kappa shape index (κ2) is 10.4. The summed E-state index contributed by atoms with van der Waals surface area (Å²) < 4.78 is 46.4. The first kappa shape index (κ1) is 23.6. The van der Waals surface area contributed by atoms with Crippen molar-refractivity contribution in [1.29, 1.82) is 5.41 Å². The zero-order valence-electron chi connectivity index (χ0n) is 16.4. The van der Waals surface area contributed by atoms with Gasteiger partial charge in [-0.2, -0.15) is 13.2 Å². The number of aromatic nitrogens is 3.